The SMILES string of the molecule is CC1CCCCCC2CCCCC(C)(C)CCCCC2C1. The molecule has 21 heavy (non-hydrogen) atoms. The quantitative estimate of drug-likeness (QED) is 0.437. The molecule has 3 atom stereocenters. The smallest absolute Gasteiger partial charge is 0.0354 e. The summed E-state index contributed by atoms with van der Waals surface area (Å²) >= 11 is 0. The zero-order valence-electron chi connectivity index (χ0n) is 15.1. The third-order valence-corrected chi connectivity index (χ3v) is 6.50. The van der Waals surface area contributed by atoms with Gasteiger partial charge in [-0.15, -0.1) is 0 Å². The molecular weight excluding hydrogens is 252 g/mol. The van der Waals surface area contributed by atoms with Gasteiger partial charge in [-0.1, -0.05) is 91.4 Å². The lowest BCUT2D eigenvalue weighted by Gasteiger charge is -2.28. The van der Waals surface area contributed by atoms with Gasteiger partial charge in [0.15, 0.2) is 0 Å². The predicted molar refractivity (Wildman–Crippen MR) is 94.6 cm³/mol. The molecule has 2 fully saturated rings. The van der Waals surface area contributed by atoms with Crippen molar-refractivity contribution in [2.24, 2.45) is 23.2 Å². The standard InChI is InChI=1S/C21H40/c1-18-11-5-4-6-12-19-13-7-9-15-21(2,3)16-10-8-14-20(19)17-18/h18-20H,4-17H2,1-3H3. The van der Waals surface area contributed by atoms with E-state index in [9.17, 15) is 0 Å². The van der Waals surface area contributed by atoms with Gasteiger partial charge in [-0.3, -0.25) is 0 Å². The van der Waals surface area contributed by atoms with E-state index in [1.165, 1.54) is 83.5 Å². The zero-order valence-corrected chi connectivity index (χ0v) is 15.1. The Morgan fingerprint density at radius 2 is 1.14 bits per heavy atom. The fourth-order valence-corrected chi connectivity index (χ4v) is 5.02. The van der Waals surface area contributed by atoms with Crippen molar-refractivity contribution in [1.29, 1.82) is 0 Å². The summed E-state index contributed by atoms with van der Waals surface area (Å²) in [6, 6.07) is 0. The van der Waals surface area contributed by atoms with E-state index in [0.717, 1.165) is 17.8 Å². The minimum Gasteiger partial charge on any atom is -0.0625 e. The lowest BCUT2D eigenvalue weighted by atomic mass is 9.77. The highest BCUT2D eigenvalue weighted by Gasteiger charge is 2.26. The van der Waals surface area contributed by atoms with E-state index in [-0.39, 0.29) is 0 Å². The van der Waals surface area contributed by atoms with Crippen molar-refractivity contribution < 1.29 is 0 Å². The minimum absolute atomic E-state index is 0.605. The van der Waals surface area contributed by atoms with Crippen LogP contribution in [0.5, 0.6) is 0 Å². The molecule has 0 aromatic heterocycles. The van der Waals surface area contributed by atoms with Gasteiger partial charge >= 0.3 is 0 Å². The maximum absolute atomic E-state index is 2.52. The van der Waals surface area contributed by atoms with Crippen molar-refractivity contribution in [1.82, 2.24) is 0 Å². The van der Waals surface area contributed by atoms with E-state index >= 15 is 0 Å². The van der Waals surface area contributed by atoms with E-state index in [1.54, 1.807) is 6.42 Å². The number of hydrogen-bond donors (Lipinski definition) is 0. The second kappa shape index (κ2) is 8.59. The topological polar surface area (TPSA) is 0 Å². The average molecular weight is 293 g/mol. The molecule has 0 spiro atoms. The monoisotopic (exact) mass is 292 g/mol. The van der Waals surface area contributed by atoms with Crippen molar-refractivity contribution in [3.05, 3.63) is 0 Å². The summed E-state index contributed by atoms with van der Waals surface area (Å²) in [6.07, 6.45) is 21.0. The first-order chi connectivity index (χ1) is 10.1. The molecule has 0 N–H and O–H groups in total. The first-order valence-electron chi connectivity index (χ1n) is 10.1. The van der Waals surface area contributed by atoms with E-state index in [1.807, 2.05) is 0 Å². The first kappa shape index (κ1) is 17.4. The van der Waals surface area contributed by atoms with Crippen LogP contribution in [-0.2, 0) is 0 Å². The van der Waals surface area contributed by atoms with Crippen molar-refractivity contribution in [2.45, 2.75) is 111 Å². The van der Waals surface area contributed by atoms with Crippen LogP contribution in [0.4, 0.5) is 0 Å². The highest BCUT2D eigenvalue weighted by molar-refractivity contribution is 4.78. The Hall–Kier alpha value is 0. The Kier molecular flexibility index (Phi) is 7.10. The Morgan fingerprint density at radius 1 is 0.619 bits per heavy atom. The van der Waals surface area contributed by atoms with Gasteiger partial charge in [0.05, 0.1) is 0 Å². The molecule has 0 bridgehead atoms. The van der Waals surface area contributed by atoms with Crippen molar-refractivity contribution in [3.8, 4) is 0 Å². The molecule has 2 aliphatic rings. The van der Waals surface area contributed by atoms with Gasteiger partial charge in [0.25, 0.3) is 0 Å². The van der Waals surface area contributed by atoms with Crippen LogP contribution in [-0.4, -0.2) is 0 Å². The van der Waals surface area contributed by atoms with Crippen molar-refractivity contribution in [2.75, 3.05) is 0 Å². The molecule has 0 aliphatic heterocycles. The molecule has 2 rings (SSSR count). The summed E-state index contributed by atoms with van der Waals surface area (Å²) in [4.78, 5) is 0. The number of rotatable bonds is 0. The van der Waals surface area contributed by atoms with Crippen molar-refractivity contribution >= 4 is 0 Å². The van der Waals surface area contributed by atoms with Crippen LogP contribution in [0.1, 0.15) is 111 Å². The van der Waals surface area contributed by atoms with Gasteiger partial charge in [0.2, 0.25) is 0 Å². The minimum atomic E-state index is 0.605. The lowest BCUT2D eigenvalue weighted by Crippen LogP contribution is -2.17. The molecule has 2 aliphatic carbocycles. The number of hydrogen-bond acceptors (Lipinski definition) is 0. The van der Waals surface area contributed by atoms with Crippen LogP contribution < -0.4 is 0 Å². The highest BCUT2D eigenvalue weighted by atomic mass is 14.3. The highest BCUT2D eigenvalue weighted by Crippen LogP contribution is 2.39. The molecule has 0 nitrogen and oxygen atoms in total. The zero-order chi connectivity index (χ0) is 15.1. The Bertz CT molecular complexity index is 278. The third-order valence-electron chi connectivity index (χ3n) is 6.50. The molecule has 2 saturated carbocycles. The molecule has 3 unspecified atom stereocenters. The predicted octanol–water partition coefficient (Wildman–Crippen LogP) is 7.37. The summed E-state index contributed by atoms with van der Waals surface area (Å²) in [5.41, 5.74) is 0.605. The Balaban J connectivity index is 1.98. The molecule has 0 amide bonds. The third kappa shape index (κ3) is 6.33. The molecule has 0 heteroatoms. The molecular formula is C21H40. The van der Waals surface area contributed by atoms with Gasteiger partial charge < -0.3 is 0 Å². The van der Waals surface area contributed by atoms with Crippen LogP contribution in [0.15, 0.2) is 0 Å². The van der Waals surface area contributed by atoms with Crippen LogP contribution in [0.3, 0.4) is 0 Å². The fraction of sp³-hybridized carbons (Fsp3) is 1.00. The van der Waals surface area contributed by atoms with Gasteiger partial charge in [0.1, 0.15) is 0 Å². The molecule has 124 valence electrons. The molecule has 0 radical (unpaired) electrons. The van der Waals surface area contributed by atoms with Gasteiger partial charge in [-0.2, -0.15) is 0 Å². The molecule has 0 saturated heterocycles. The average Bonchev–Trinajstić information content (AvgIpc) is 2.49. The summed E-state index contributed by atoms with van der Waals surface area (Å²) in [5.74, 6) is 3.10. The van der Waals surface area contributed by atoms with Crippen molar-refractivity contribution in [3.63, 3.8) is 0 Å². The number of fused-ring (bicyclic) bond motifs is 1. The second-order valence-electron chi connectivity index (χ2n) is 9.15. The summed E-state index contributed by atoms with van der Waals surface area (Å²) in [7, 11) is 0. The largest absolute Gasteiger partial charge is 0.0625 e. The maximum atomic E-state index is 2.52. The van der Waals surface area contributed by atoms with Gasteiger partial charge in [-0.05, 0) is 42.4 Å². The van der Waals surface area contributed by atoms with Gasteiger partial charge in [-0.25, -0.2) is 0 Å². The Labute approximate surface area is 134 Å². The van der Waals surface area contributed by atoms with Crippen LogP contribution in [0.2, 0.25) is 0 Å². The molecule has 0 aromatic rings. The fourth-order valence-electron chi connectivity index (χ4n) is 5.02. The summed E-state index contributed by atoms with van der Waals surface area (Å²) in [6.45, 7) is 7.52. The first-order valence-corrected chi connectivity index (χ1v) is 10.1. The summed E-state index contributed by atoms with van der Waals surface area (Å²) in [5, 5.41) is 0. The summed E-state index contributed by atoms with van der Waals surface area (Å²) < 4.78 is 0. The van der Waals surface area contributed by atoms with E-state index in [0.29, 0.717) is 5.41 Å². The van der Waals surface area contributed by atoms with Crippen LogP contribution in [0, 0.1) is 23.2 Å². The molecule has 0 aromatic carbocycles. The van der Waals surface area contributed by atoms with Crippen LogP contribution in [0.25, 0.3) is 0 Å². The molecule has 0 heterocycles. The van der Waals surface area contributed by atoms with E-state index in [4.69, 9.17) is 0 Å². The Morgan fingerprint density at radius 3 is 1.81 bits per heavy atom. The van der Waals surface area contributed by atoms with E-state index < -0.39 is 0 Å². The maximum Gasteiger partial charge on any atom is -0.0354 e. The van der Waals surface area contributed by atoms with Crippen LogP contribution >= 0.6 is 0 Å². The van der Waals surface area contributed by atoms with E-state index in [2.05, 4.69) is 20.8 Å². The second-order valence-corrected chi connectivity index (χ2v) is 9.15. The lowest BCUT2D eigenvalue weighted by molar-refractivity contribution is 0.226. The normalized spacial score (nSPS) is 36.4. The van der Waals surface area contributed by atoms with Gasteiger partial charge in [0, 0.05) is 0 Å².